The molecule has 1 aromatic rings. The van der Waals surface area contributed by atoms with Gasteiger partial charge in [0.15, 0.2) is 0 Å². The Balaban J connectivity index is 1.43. The zero-order chi connectivity index (χ0) is 15.5. The van der Waals surface area contributed by atoms with Gasteiger partial charge >= 0.3 is 6.61 Å². The molecular weight excluding hydrogens is 288 g/mol. The van der Waals surface area contributed by atoms with Gasteiger partial charge in [-0.25, -0.2) is 0 Å². The number of hydrogen-bond donors (Lipinski definition) is 1. The molecule has 0 spiro atoms. The molecule has 2 fully saturated rings. The molecule has 3 rings (SSSR count). The van der Waals surface area contributed by atoms with Gasteiger partial charge in [0.1, 0.15) is 5.75 Å². The third-order valence-corrected chi connectivity index (χ3v) is 4.97. The molecule has 22 heavy (non-hydrogen) atoms. The lowest BCUT2D eigenvalue weighted by Gasteiger charge is -2.20. The van der Waals surface area contributed by atoms with Crippen molar-refractivity contribution in [1.29, 1.82) is 0 Å². The minimum atomic E-state index is -2.81. The first-order valence-electron chi connectivity index (χ1n) is 7.90. The van der Waals surface area contributed by atoms with Gasteiger partial charge in [-0.2, -0.15) is 8.78 Å². The number of halogens is 2. The van der Waals surface area contributed by atoms with E-state index in [1.54, 1.807) is 12.1 Å². The van der Waals surface area contributed by atoms with Crippen molar-refractivity contribution in [3.8, 4) is 5.75 Å². The fourth-order valence-corrected chi connectivity index (χ4v) is 3.93. The molecule has 2 aliphatic rings. The highest BCUT2D eigenvalue weighted by Gasteiger charge is 2.39. The molecule has 0 heterocycles. The topological polar surface area (TPSA) is 38.3 Å². The Morgan fingerprint density at radius 1 is 1.23 bits per heavy atom. The number of fused-ring (bicyclic) bond motifs is 2. The first-order valence-corrected chi connectivity index (χ1v) is 7.90. The van der Waals surface area contributed by atoms with E-state index >= 15 is 0 Å². The number of rotatable bonds is 6. The van der Waals surface area contributed by atoms with E-state index in [1.165, 1.54) is 37.8 Å². The lowest BCUT2D eigenvalue weighted by molar-refractivity contribution is -0.122. The molecule has 3 unspecified atom stereocenters. The van der Waals surface area contributed by atoms with Crippen molar-refractivity contribution in [2.24, 2.45) is 17.8 Å². The van der Waals surface area contributed by atoms with Crippen LogP contribution in [0.4, 0.5) is 8.78 Å². The van der Waals surface area contributed by atoms with E-state index in [9.17, 15) is 13.6 Å². The number of carbonyl (C=O) groups is 1. The van der Waals surface area contributed by atoms with Crippen molar-refractivity contribution < 1.29 is 18.3 Å². The molecule has 3 atom stereocenters. The largest absolute Gasteiger partial charge is 0.435 e. The minimum Gasteiger partial charge on any atom is -0.435 e. The van der Waals surface area contributed by atoms with Crippen LogP contribution in [0.5, 0.6) is 5.75 Å². The smallest absolute Gasteiger partial charge is 0.387 e. The SMILES string of the molecule is O=C(CC1CC2CCC1C2)NCc1ccc(OC(F)F)cc1. The number of amides is 1. The second kappa shape index (κ2) is 6.63. The molecule has 2 saturated carbocycles. The summed E-state index contributed by atoms with van der Waals surface area (Å²) in [6.07, 6.45) is 5.76. The van der Waals surface area contributed by atoms with Crippen LogP contribution in [-0.4, -0.2) is 12.5 Å². The highest BCUT2D eigenvalue weighted by molar-refractivity contribution is 5.76. The van der Waals surface area contributed by atoms with Crippen LogP contribution < -0.4 is 10.1 Å². The van der Waals surface area contributed by atoms with Gasteiger partial charge in [0.25, 0.3) is 0 Å². The summed E-state index contributed by atoms with van der Waals surface area (Å²) < 4.78 is 28.4. The molecule has 3 nitrogen and oxygen atoms in total. The van der Waals surface area contributed by atoms with Crippen LogP contribution in [0.3, 0.4) is 0 Å². The lowest BCUT2D eigenvalue weighted by atomic mass is 9.86. The first kappa shape index (κ1) is 15.3. The highest BCUT2D eigenvalue weighted by atomic mass is 19.3. The molecule has 0 saturated heterocycles. The third kappa shape index (κ3) is 3.76. The van der Waals surface area contributed by atoms with Gasteiger partial charge in [0.2, 0.25) is 5.91 Å². The van der Waals surface area contributed by atoms with E-state index in [2.05, 4.69) is 10.1 Å². The summed E-state index contributed by atoms with van der Waals surface area (Å²) in [5.74, 6) is 2.38. The van der Waals surface area contributed by atoms with Crippen molar-refractivity contribution >= 4 is 5.91 Å². The van der Waals surface area contributed by atoms with Gasteiger partial charge in [0, 0.05) is 13.0 Å². The van der Waals surface area contributed by atoms with Crippen LogP contribution in [0.1, 0.15) is 37.7 Å². The van der Waals surface area contributed by atoms with E-state index in [-0.39, 0.29) is 11.7 Å². The Labute approximate surface area is 129 Å². The van der Waals surface area contributed by atoms with Crippen LogP contribution in [0.25, 0.3) is 0 Å². The summed E-state index contributed by atoms with van der Waals surface area (Å²) in [5, 5.41) is 2.92. The molecule has 120 valence electrons. The van der Waals surface area contributed by atoms with E-state index in [1.807, 2.05) is 0 Å². The average Bonchev–Trinajstić information content (AvgIpc) is 3.08. The monoisotopic (exact) mass is 309 g/mol. The first-order chi connectivity index (χ1) is 10.6. The highest BCUT2D eigenvalue weighted by Crippen LogP contribution is 2.49. The molecule has 0 radical (unpaired) electrons. The summed E-state index contributed by atoms with van der Waals surface area (Å²) in [5.41, 5.74) is 0.878. The van der Waals surface area contributed by atoms with Crippen molar-refractivity contribution in [3.05, 3.63) is 29.8 Å². The van der Waals surface area contributed by atoms with Gasteiger partial charge < -0.3 is 10.1 Å². The summed E-state index contributed by atoms with van der Waals surface area (Å²) in [6.45, 7) is -2.39. The van der Waals surface area contributed by atoms with E-state index in [4.69, 9.17) is 0 Å². The Morgan fingerprint density at radius 2 is 2.00 bits per heavy atom. The molecule has 0 aliphatic heterocycles. The average molecular weight is 309 g/mol. The van der Waals surface area contributed by atoms with Crippen LogP contribution in [0.15, 0.2) is 24.3 Å². The molecule has 2 bridgehead atoms. The van der Waals surface area contributed by atoms with Crippen LogP contribution in [0.2, 0.25) is 0 Å². The summed E-state index contributed by atoms with van der Waals surface area (Å²) in [4.78, 5) is 12.0. The van der Waals surface area contributed by atoms with Crippen molar-refractivity contribution in [3.63, 3.8) is 0 Å². The minimum absolute atomic E-state index is 0.0884. The lowest BCUT2D eigenvalue weighted by Crippen LogP contribution is -2.26. The molecule has 1 N–H and O–H groups in total. The maximum atomic E-state index is 12.1. The Hall–Kier alpha value is -1.65. The normalized spacial score (nSPS) is 26.4. The molecular formula is C17H21F2NO2. The van der Waals surface area contributed by atoms with Gasteiger partial charge in [-0.15, -0.1) is 0 Å². The van der Waals surface area contributed by atoms with Crippen LogP contribution >= 0.6 is 0 Å². The fourth-order valence-electron chi connectivity index (χ4n) is 3.93. The molecule has 2 aliphatic carbocycles. The Morgan fingerprint density at radius 3 is 2.59 bits per heavy atom. The fraction of sp³-hybridized carbons (Fsp3) is 0.588. The summed E-state index contributed by atoms with van der Waals surface area (Å²) in [6, 6.07) is 6.36. The summed E-state index contributed by atoms with van der Waals surface area (Å²) >= 11 is 0. The van der Waals surface area contributed by atoms with E-state index < -0.39 is 6.61 Å². The zero-order valence-electron chi connectivity index (χ0n) is 12.4. The molecule has 0 aromatic heterocycles. The number of hydrogen-bond acceptors (Lipinski definition) is 2. The predicted molar refractivity (Wildman–Crippen MR) is 78.5 cm³/mol. The number of ether oxygens (including phenoxy) is 1. The van der Waals surface area contributed by atoms with Crippen molar-refractivity contribution in [2.45, 2.75) is 45.3 Å². The van der Waals surface area contributed by atoms with Gasteiger partial charge in [-0.05, 0) is 54.7 Å². The quantitative estimate of drug-likeness (QED) is 0.869. The predicted octanol–water partition coefficient (Wildman–Crippen LogP) is 3.73. The third-order valence-electron chi connectivity index (χ3n) is 4.97. The van der Waals surface area contributed by atoms with Gasteiger partial charge in [0.05, 0.1) is 0 Å². The molecule has 1 aromatic carbocycles. The number of benzene rings is 1. The van der Waals surface area contributed by atoms with E-state index in [0.717, 1.165) is 17.4 Å². The maximum absolute atomic E-state index is 12.1. The van der Waals surface area contributed by atoms with Crippen molar-refractivity contribution in [2.75, 3.05) is 0 Å². The molecule has 5 heteroatoms. The van der Waals surface area contributed by atoms with Crippen LogP contribution in [-0.2, 0) is 11.3 Å². The van der Waals surface area contributed by atoms with Crippen molar-refractivity contribution in [1.82, 2.24) is 5.32 Å². The van der Waals surface area contributed by atoms with Gasteiger partial charge in [-0.1, -0.05) is 18.6 Å². The van der Waals surface area contributed by atoms with Crippen LogP contribution in [0, 0.1) is 17.8 Å². The van der Waals surface area contributed by atoms with E-state index in [0.29, 0.717) is 18.9 Å². The molecule has 1 amide bonds. The zero-order valence-corrected chi connectivity index (χ0v) is 12.4. The Bertz CT molecular complexity index is 518. The standard InChI is InChI=1S/C17H21F2NO2/c18-17(19)22-15-5-2-11(3-6-15)10-20-16(21)9-14-8-12-1-4-13(14)7-12/h2-3,5-6,12-14,17H,1,4,7-10H2,(H,20,21). The maximum Gasteiger partial charge on any atom is 0.387 e. The number of carbonyl (C=O) groups excluding carboxylic acids is 1. The number of nitrogens with one attached hydrogen (secondary N) is 1. The van der Waals surface area contributed by atoms with Gasteiger partial charge in [-0.3, -0.25) is 4.79 Å². The second-order valence-corrected chi connectivity index (χ2v) is 6.44. The second-order valence-electron chi connectivity index (χ2n) is 6.44. The summed E-state index contributed by atoms with van der Waals surface area (Å²) in [7, 11) is 0. The number of alkyl halides is 2. The Kier molecular flexibility index (Phi) is 4.60.